The number of rotatable bonds is 4. The van der Waals surface area contributed by atoms with Crippen LogP contribution in [-0.2, 0) is 0 Å². The minimum absolute atomic E-state index is 0.0120. The highest BCUT2D eigenvalue weighted by atomic mass is 16.2. The van der Waals surface area contributed by atoms with Crippen molar-refractivity contribution in [1.82, 2.24) is 19.9 Å². The zero-order valence-corrected chi connectivity index (χ0v) is 27.4. The van der Waals surface area contributed by atoms with Crippen LogP contribution in [0.1, 0.15) is 53.3 Å². The number of benzene rings is 4. The Morgan fingerprint density at radius 3 is 1.25 bits per heavy atom. The molecule has 0 radical (unpaired) electrons. The fourth-order valence-electron chi connectivity index (χ4n) is 7.01. The molecule has 3 aliphatic rings. The van der Waals surface area contributed by atoms with Crippen molar-refractivity contribution in [3.05, 3.63) is 168 Å². The van der Waals surface area contributed by atoms with Gasteiger partial charge in [-0.2, -0.15) is 0 Å². The molecule has 0 unspecified atom stereocenters. The van der Waals surface area contributed by atoms with Crippen molar-refractivity contribution >= 4 is 46.3 Å². The molecule has 0 spiro atoms. The van der Waals surface area contributed by atoms with Gasteiger partial charge in [-0.05, 0) is 46.5 Å². The van der Waals surface area contributed by atoms with Gasteiger partial charge in [0, 0.05) is 33.3 Å². The van der Waals surface area contributed by atoms with Crippen LogP contribution in [0.3, 0.4) is 0 Å². The smallest absolute Gasteiger partial charge is 0.254 e. The highest BCUT2D eigenvalue weighted by molar-refractivity contribution is 6.55. The highest BCUT2D eigenvalue weighted by Gasteiger charge is 2.38. The molecule has 0 saturated carbocycles. The summed E-state index contributed by atoms with van der Waals surface area (Å²) in [4.78, 5) is 73.0. The predicted molar refractivity (Wildman–Crippen MR) is 200 cm³/mol. The number of nitrogens with one attached hydrogen (secondary N) is 2. The summed E-state index contributed by atoms with van der Waals surface area (Å²) in [6.45, 7) is 0. The van der Waals surface area contributed by atoms with E-state index in [9.17, 15) is 19.2 Å². The van der Waals surface area contributed by atoms with Crippen LogP contribution in [0.4, 0.5) is 0 Å². The first kappa shape index (κ1) is 30.7. The average molecular weight is 675 g/mol. The van der Waals surface area contributed by atoms with Crippen molar-refractivity contribution in [3.8, 4) is 44.5 Å². The largest absolute Gasteiger partial charge is 0.354 e. The Kier molecular flexibility index (Phi) is 7.22. The number of nitrogens with zero attached hydrogens (tertiary/aromatic N) is 2. The van der Waals surface area contributed by atoms with Crippen LogP contribution in [0.5, 0.6) is 0 Å². The molecule has 4 aromatic carbocycles. The minimum atomic E-state index is -0.882. The number of hydrogen-bond acceptors (Lipinski definition) is 6. The van der Waals surface area contributed by atoms with Gasteiger partial charge in [0.1, 0.15) is 22.8 Å². The van der Waals surface area contributed by atoms with Gasteiger partial charge in [-0.15, -0.1) is 0 Å². The number of H-pyrrole nitrogens is 2. The SMILES string of the molecule is O=C1C(=O)c2nc1c(-c1ccccc1)c1[nH]c(c(-c3ccccc3)c3nc(c(-c4ccccc4)c4ccc([nH]4)c2-c2ccccc2)C=C3)C(=O)C1=O. The van der Waals surface area contributed by atoms with Crippen molar-refractivity contribution in [2.75, 3.05) is 0 Å². The van der Waals surface area contributed by atoms with Crippen LogP contribution in [-0.4, -0.2) is 43.1 Å². The van der Waals surface area contributed by atoms with E-state index in [0.29, 0.717) is 50.2 Å². The first-order valence-electron chi connectivity index (χ1n) is 16.7. The van der Waals surface area contributed by atoms with E-state index in [-0.39, 0.29) is 28.3 Å². The first-order chi connectivity index (χ1) is 25.5. The summed E-state index contributed by atoms with van der Waals surface area (Å²) in [6.07, 6.45) is 3.72. The van der Waals surface area contributed by atoms with Gasteiger partial charge in [0.05, 0.1) is 11.4 Å². The summed E-state index contributed by atoms with van der Waals surface area (Å²) < 4.78 is 0. The molecule has 8 heteroatoms. The Labute approximate surface area is 296 Å². The number of ketones is 4. The Bertz CT molecular complexity index is 2730. The van der Waals surface area contributed by atoms with Crippen LogP contribution in [0.2, 0.25) is 0 Å². The van der Waals surface area contributed by atoms with E-state index in [1.165, 1.54) is 0 Å². The fourth-order valence-corrected chi connectivity index (χ4v) is 7.01. The quantitative estimate of drug-likeness (QED) is 0.180. The molecule has 8 nitrogen and oxygen atoms in total. The maximum Gasteiger partial charge on any atom is 0.254 e. The van der Waals surface area contributed by atoms with E-state index < -0.39 is 23.1 Å². The van der Waals surface area contributed by atoms with Crippen molar-refractivity contribution in [2.24, 2.45) is 0 Å². The van der Waals surface area contributed by atoms with Crippen molar-refractivity contribution in [2.45, 2.75) is 0 Å². The lowest BCUT2D eigenvalue weighted by Crippen LogP contribution is -2.12. The minimum Gasteiger partial charge on any atom is -0.354 e. The highest BCUT2D eigenvalue weighted by Crippen LogP contribution is 2.38. The predicted octanol–water partition coefficient (Wildman–Crippen LogP) is 9.01. The number of carbonyl (C=O) groups is 4. The molecule has 0 atom stereocenters. The maximum absolute atomic E-state index is 14.1. The molecule has 0 amide bonds. The van der Waals surface area contributed by atoms with Gasteiger partial charge in [0.2, 0.25) is 0 Å². The van der Waals surface area contributed by atoms with Crippen LogP contribution >= 0.6 is 0 Å². The van der Waals surface area contributed by atoms with Gasteiger partial charge >= 0.3 is 0 Å². The van der Waals surface area contributed by atoms with Crippen LogP contribution in [0, 0.1) is 0 Å². The second-order valence-corrected chi connectivity index (χ2v) is 12.5. The molecule has 2 N–H and O–H groups in total. The number of carbonyl (C=O) groups excluding carboxylic acids is 4. The van der Waals surface area contributed by atoms with Crippen molar-refractivity contribution in [1.29, 1.82) is 0 Å². The molecular weight excluding hydrogens is 649 g/mol. The lowest BCUT2D eigenvalue weighted by molar-refractivity contribution is 0.0822. The zero-order chi connectivity index (χ0) is 35.3. The van der Waals surface area contributed by atoms with E-state index >= 15 is 0 Å². The lowest BCUT2D eigenvalue weighted by atomic mass is 9.96. The number of hydrogen-bond donors (Lipinski definition) is 2. The fraction of sp³-hybridized carbons (Fsp3) is 0. The second kappa shape index (κ2) is 12.2. The van der Waals surface area contributed by atoms with E-state index in [2.05, 4.69) is 9.97 Å². The van der Waals surface area contributed by atoms with Gasteiger partial charge in [0.15, 0.2) is 0 Å². The third kappa shape index (κ3) is 4.93. The lowest BCUT2D eigenvalue weighted by Gasteiger charge is -2.06. The molecule has 52 heavy (non-hydrogen) atoms. The molecule has 2 aromatic heterocycles. The summed E-state index contributed by atoms with van der Waals surface area (Å²) in [6, 6.07) is 40.7. The molecule has 5 heterocycles. The summed E-state index contributed by atoms with van der Waals surface area (Å²) in [5, 5.41) is 0. The summed E-state index contributed by atoms with van der Waals surface area (Å²) in [5.41, 5.74) is 6.23. The summed E-state index contributed by atoms with van der Waals surface area (Å²) in [5.74, 6) is -3.36. The molecule has 8 bridgehead atoms. The zero-order valence-electron chi connectivity index (χ0n) is 27.4. The van der Waals surface area contributed by atoms with Gasteiger partial charge in [-0.3, -0.25) is 19.2 Å². The van der Waals surface area contributed by atoms with E-state index in [0.717, 1.165) is 11.1 Å². The third-order valence-electron chi connectivity index (χ3n) is 9.37. The molecule has 6 aromatic rings. The average Bonchev–Trinajstić information content (AvgIpc) is 3.98. The first-order valence-corrected chi connectivity index (χ1v) is 16.7. The topological polar surface area (TPSA) is 126 Å². The molecule has 0 aliphatic carbocycles. The Morgan fingerprint density at radius 2 is 0.731 bits per heavy atom. The van der Waals surface area contributed by atoms with Crippen molar-refractivity contribution in [3.63, 3.8) is 0 Å². The molecule has 246 valence electrons. The maximum atomic E-state index is 14.1. The van der Waals surface area contributed by atoms with Crippen molar-refractivity contribution < 1.29 is 19.2 Å². The monoisotopic (exact) mass is 674 g/mol. The van der Waals surface area contributed by atoms with Crippen LogP contribution < -0.4 is 0 Å². The molecule has 3 aliphatic heterocycles. The standard InChI is InChI=1S/C44H26N4O4/c49-41-37-34(26-15-7-2-8-16-26)31-23-21-29(45-31)33(25-13-5-1-6-14-25)30-22-24-32(46-30)35(27-17-9-3-10-18-27)38-42(50)44(52)40(48-38)36(39(47-37)43(41)51)28-19-11-4-12-20-28/h1-24,45,48H. The Hall–Kier alpha value is -7.32. The van der Waals surface area contributed by atoms with E-state index in [1.807, 2.05) is 115 Å². The molecule has 0 saturated heterocycles. The number of aromatic nitrogens is 4. The Morgan fingerprint density at radius 1 is 0.346 bits per heavy atom. The van der Waals surface area contributed by atoms with Gasteiger partial charge < -0.3 is 9.97 Å². The van der Waals surface area contributed by atoms with Crippen LogP contribution in [0.15, 0.2) is 133 Å². The molecular formula is C44H26N4O4. The third-order valence-corrected chi connectivity index (χ3v) is 9.37. The number of Topliss-reactive ketones (excluding diaryl/α,β-unsaturated/α-hetero) is 4. The van der Waals surface area contributed by atoms with Gasteiger partial charge in [0.25, 0.3) is 23.1 Å². The van der Waals surface area contributed by atoms with Gasteiger partial charge in [-0.1, -0.05) is 121 Å². The normalized spacial score (nSPS) is 13.1. The second-order valence-electron chi connectivity index (χ2n) is 12.5. The van der Waals surface area contributed by atoms with E-state index in [1.54, 1.807) is 30.3 Å². The summed E-state index contributed by atoms with van der Waals surface area (Å²) >= 11 is 0. The van der Waals surface area contributed by atoms with Gasteiger partial charge in [-0.25, -0.2) is 9.97 Å². The number of fused-ring (bicyclic) bond motifs is 8. The summed E-state index contributed by atoms with van der Waals surface area (Å²) in [7, 11) is 0. The van der Waals surface area contributed by atoms with E-state index in [4.69, 9.17) is 9.97 Å². The molecule has 9 rings (SSSR count). The number of aromatic amines is 2. The molecule has 0 fully saturated rings. The van der Waals surface area contributed by atoms with Crippen LogP contribution in [0.25, 0.3) is 67.7 Å². The Balaban J connectivity index is 1.54.